The SMILES string of the molecule is CC(C)CCNC(=O)NC(=O)CSc1nc2c(cnn2-c2ccccc2)c(=O)[nH]1. The number of urea groups is 1. The zero-order valence-corrected chi connectivity index (χ0v) is 17.0. The highest BCUT2D eigenvalue weighted by molar-refractivity contribution is 7.99. The molecular weight excluding hydrogens is 392 g/mol. The van der Waals surface area contributed by atoms with E-state index in [1.54, 1.807) is 4.68 Å². The minimum absolute atomic E-state index is 0.0640. The molecule has 152 valence electrons. The number of thioether (sulfide) groups is 1. The number of imide groups is 1. The van der Waals surface area contributed by atoms with Crippen LogP contribution in [-0.2, 0) is 4.79 Å². The van der Waals surface area contributed by atoms with Crippen LogP contribution in [0.1, 0.15) is 20.3 Å². The van der Waals surface area contributed by atoms with Gasteiger partial charge in [0.2, 0.25) is 5.91 Å². The Balaban J connectivity index is 1.65. The van der Waals surface area contributed by atoms with E-state index in [1.165, 1.54) is 6.20 Å². The Bertz CT molecular complexity index is 1060. The number of aromatic amines is 1. The summed E-state index contributed by atoms with van der Waals surface area (Å²) in [6.07, 6.45) is 2.29. The number of amides is 3. The normalized spacial score (nSPS) is 11.0. The van der Waals surface area contributed by atoms with Crippen LogP contribution < -0.4 is 16.2 Å². The van der Waals surface area contributed by atoms with Crippen molar-refractivity contribution in [2.75, 3.05) is 12.3 Å². The zero-order chi connectivity index (χ0) is 20.8. The second-order valence-corrected chi connectivity index (χ2v) is 7.74. The second-order valence-electron chi connectivity index (χ2n) is 6.78. The number of hydrogen-bond acceptors (Lipinski definition) is 6. The molecule has 0 radical (unpaired) electrons. The lowest BCUT2D eigenvalue weighted by Gasteiger charge is -2.08. The third kappa shape index (κ3) is 5.44. The number of para-hydroxylation sites is 1. The van der Waals surface area contributed by atoms with Crippen molar-refractivity contribution in [1.29, 1.82) is 0 Å². The number of benzene rings is 1. The third-order valence-corrected chi connectivity index (χ3v) is 4.89. The van der Waals surface area contributed by atoms with Crippen LogP contribution in [0.2, 0.25) is 0 Å². The molecule has 3 N–H and O–H groups in total. The van der Waals surface area contributed by atoms with Crippen LogP contribution in [0.15, 0.2) is 46.5 Å². The summed E-state index contributed by atoms with van der Waals surface area (Å²) in [5.41, 5.74) is 0.827. The second kappa shape index (κ2) is 9.37. The number of hydrogen-bond donors (Lipinski definition) is 3. The monoisotopic (exact) mass is 414 g/mol. The summed E-state index contributed by atoms with van der Waals surface area (Å²) in [4.78, 5) is 43.1. The number of nitrogens with zero attached hydrogens (tertiary/aromatic N) is 3. The van der Waals surface area contributed by atoms with Crippen molar-refractivity contribution in [1.82, 2.24) is 30.4 Å². The van der Waals surface area contributed by atoms with E-state index in [4.69, 9.17) is 0 Å². The third-order valence-electron chi connectivity index (χ3n) is 4.02. The Kier molecular flexibility index (Phi) is 6.65. The maximum Gasteiger partial charge on any atom is 0.321 e. The smallest absolute Gasteiger partial charge is 0.321 e. The van der Waals surface area contributed by atoms with Gasteiger partial charge in [-0.15, -0.1) is 0 Å². The highest BCUT2D eigenvalue weighted by Gasteiger charge is 2.14. The number of nitrogens with one attached hydrogen (secondary N) is 3. The molecule has 0 fully saturated rings. The van der Waals surface area contributed by atoms with E-state index < -0.39 is 11.9 Å². The van der Waals surface area contributed by atoms with Crippen LogP contribution >= 0.6 is 11.8 Å². The quantitative estimate of drug-likeness (QED) is 0.402. The highest BCUT2D eigenvalue weighted by Crippen LogP contribution is 2.17. The fraction of sp³-hybridized carbons (Fsp3) is 0.316. The van der Waals surface area contributed by atoms with Crippen molar-refractivity contribution in [3.8, 4) is 5.69 Å². The minimum Gasteiger partial charge on any atom is -0.338 e. The first-order chi connectivity index (χ1) is 13.9. The predicted octanol–water partition coefficient (Wildman–Crippen LogP) is 2.07. The average Bonchev–Trinajstić information content (AvgIpc) is 3.11. The van der Waals surface area contributed by atoms with Crippen molar-refractivity contribution in [2.24, 2.45) is 5.92 Å². The minimum atomic E-state index is -0.532. The van der Waals surface area contributed by atoms with Crippen molar-refractivity contribution >= 4 is 34.7 Å². The maximum absolute atomic E-state index is 12.3. The van der Waals surface area contributed by atoms with E-state index >= 15 is 0 Å². The molecule has 2 heterocycles. The molecule has 3 rings (SSSR count). The molecule has 9 nitrogen and oxygen atoms in total. The van der Waals surface area contributed by atoms with Gasteiger partial charge in [0.1, 0.15) is 5.39 Å². The summed E-state index contributed by atoms with van der Waals surface area (Å²) in [5, 5.41) is 9.76. The van der Waals surface area contributed by atoms with Crippen molar-refractivity contribution in [3.63, 3.8) is 0 Å². The molecule has 0 aliphatic heterocycles. The highest BCUT2D eigenvalue weighted by atomic mass is 32.2. The van der Waals surface area contributed by atoms with Crippen LogP contribution in [0.4, 0.5) is 4.79 Å². The Morgan fingerprint density at radius 3 is 2.72 bits per heavy atom. The first-order valence-corrected chi connectivity index (χ1v) is 10.2. The van der Waals surface area contributed by atoms with Gasteiger partial charge in [-0.1, -0.05) is 43.8 Å². The van der Waals surface area contributed by atoms with Gasteiger partial charge in [-0.25, -0.2) is 14.5 Å². The van der Waals surface area contributed by atoms with Crippen LogP contribution in [-0.4, -0.2) is 44.0 Å². The fourth-order valence-electron chi connectivity index (χ4n) is 2.54. The maximum atomic E-state index is 12.3. The number of carbonyl (C=O) groups excluding carboxylic acids is 2. The standard InChI is InChI=1S/C19H22N6O3S/c1-12(2)8-9-20-18(28)22-15(26)11-29-19-23-16-14(17(27)24-19)10-21-25(16)13-6-4-3-5-7-13/h3-7,10,12H,8-9,11H2,1-2H3,(H,23,24,27)(H2,20,22,26,28). The molecule has 0 spiro atoms. The summed E-state index contributed by atoms with van der Waals surface area (Å²) in [7, 11) is 0. The molecule has 0 atom stereocenters. The molecule has 0 saturated carbocycles. The van der Waals surface area contributed by atoms with Gasteiger partial charge in [-0.05, 0) is 24.5 Å². The summed E-state index contributed by atoms with van der Waals surface area (Å²) < 4.78 is 1.57. The fourth-order valence-corrected chi connectivity index (χ4v) is 3.20. The van der Waals surface area contributed by atoms with E-state index in [-0.39, 0.29) is 16.5 Å². The molecule has 0 aliphatic rings. The number of H-pyrrole nitrogens is 1. The molecule has 0 unspecified atom stereocenters. The predicted molar refractivity (Wildman–Crippen MR) is 111 cm³/mol. The van der Waals surface area contributed by atoms with E-state index in [2.05, 4.69) is 39.5 Å². The Labute approximate surface area is 171 Å². The number of aromatic nitrogens is 4. The topological polar surface area (TPSA) is 122 Å². The first kappa shape index (κ1) is 20.6. The molecule has 3 aromatic rings. The van der Waals surface area contributed by atoms with Gasteiger partial charge in [0.25, 0.3) is 5.56 Å². The summed E-state index contributed by atoms with van der Waals surface area (Å²) >= 11 is 1.04. The van der Waals surface area contributed by atoms with Crippen LogP contribution in [0.3, 0.4) is 0 Å². The van der Waals surface area contributed by atoms with E-state index in [9.17, 15) is 14.4 Å². The van der Waals surface area contributed by atoms with Crippen LogP contribution in [0.5, 0.6) is 0 Å². The van der Waals surface area contributed by atoms with Crippen molar-refractivity contribution in [2.45, 2.75) is 25.4 Å². The zero-order valence-electron chi connectivity index (χ0n) is 16.1. The molecule has 0 aliphatic carbocycles. The lowest BCUT2D eigenvalue weighted by Crippen LogP contribution is -2.40. The summed E-state index contributed by atoms with van der Waals surface area (Å²) in [6, 6.07) is 8.79. The lowest BCUT2D eigenvalue weighted by molar-refractivity contribution is -0.117. The molecular formula is C19H22N6O3S. The summed E-state index contributed by atoms with van der Waals surface area (Å²) in [6.45, 7) is 4.60. The largest absolute Gasteiger partial charge is 0.338 e. The van der Waals surface area contributed by atoms with Crippen LogP contribution in [0.25, 0.3) is 16.7 Å². The molecule has 1 aromatic carbocycles. The van der Waals surface area contributed by atoms with Gasteiger partial charge < -0.3 is 10.3 Å². The van der Waals surface area contributed by atoms with E-state index in [0.29, 0.717) is 23.5 Å². The van der Waals surface area contributed by atoms with Gasteiger partial charge in [0.05, 0.1) is 17.6 Å². The summed E-state index contributed by atoms with van der Waals surface area (Å²) in [5.74, 6) is -0.0778. The molecule has 29 heavy (non-hydrogen) atoms. The van der Waals surface area contributed by atoms with Gasteiger partial charge in [0.15, 0.2) is 10.8 Å². The molecule has 0 saturated heterocycles. The van der Waals surface area contributed by atoms with E-state index in [1.807, 2.05) is 30.3 Å². The Morgan fingerprint density at radius 1 is 1.24 bits per heavy atom. The van der Waals surface area contributed by atoms with Gasteiger partial charge in [0, 0.05) is 6.54 Å². The average molecular weight is 414 g/mol. The van der Waals surface area contributed by atoms with Gasteiger partial charge in [-0.2, -0.15) is 5.10 Å². The molecule has 0 bridgehead atoms. The molecule has 2 aromatic heterocycles. The number of fused-ring (bicyclic) bond motifs is 1. The lowest BCUT2D eigenvalue weighted by atomic mass is 10.1. The first-order valence-electron chi connectivity index (χ1n) is 9.18. The Morgan fingerprint density at radius 2 is 2.00 bits per heavy atom. The van der Waals surface area contributed by atoms with Crippen LogP contribution in [0, 0.1) is 5.92 Å². The molecule has 10 heteroatoms. The number of rotatable bonds is 7. The number of carbonyl (C=O) groups is 2. The van der Waals surface area contributed by atoms with Crippen molar-refractivity contribution in [3.05, 3.63) is 46.9 Å². The van der Waals surface area contributed by atoms with Crippen molar-refractivity contribution < 1.29 is 9.59 Å². The Hall–Kier alpha value is -3.14. The molecule has 3 amide bonds. The van der Waals surface area contributed by atoms with Gasteiger partial charge >= 0.3 is 6.03 Å². The van der Waals surface area contributed by atoms with E-state index in [0.717, 1.165) is 23.9 Å². The van der Waals surface area contributed by atoms with Gasteiger partial charge in [-0.3, -0.25) is 14.9 Å².